The lowest BCUT2D eigenvalue weighted by Crippen LogP contribution is -2.45. The lowest BCUT2D eigenvalue weighted by atomic mass is 10.0. The summed E-state index contributed by atoms with van der Waals surface area (Å²) in [6.07, 6.45) is 0. The van der Waals surface area contributed by atoms with E-state index < -0.39 is 0 Å². The molecule has 0 spiro atoms. The van der Waals surface area contributed by atoms with Crippen LogP contribution in [0.3, 0.4) is 0 Å². The van der Waals surface area contributed by atoms with E-state index in [1.54, 1.807) is 14.0 Å². The maximum atomic E-state index is 5.75. The fourth-order valence-corrected chi connectivity index (χ4v) is 3.66. The third-order valence-electron chi connectivity index (χ3n) is 5.10. The van der Waals surface area contributed by atoms with E-state index in [0.717, 1.165) is 37.7 Å². The van der Waals surface area contributed by atoms with Crippen LogP contribution >= 0.6 is 12.4 Å². The maximum absolute atomic E-state index is 5.75. The van der Waals surface area contributed by atoms with Gasteiger partial charge in [-0.15, -0.1) is 12.4 Å². The number of nitrogens with one attached hydrogen (secondary N) is 1. The Morgan fingerprint density at radius 3 is 2.70 bits per heavy atom. The van der Waals surface area contributed by atoms with Gasteiger partial charge >= 0.3 is 0 Å². The lowest BCUT2D eigenvalue weighted by Gasteiger charge is -2.37. The first-order valence-corrected chi connectivity index (χ1v) is 9.81. The first-order chi connectivity index (χ1) is 14.2. The lowest BCUT2D eigenvalue weighted by molar-refractivity contribution is 0.151. The molecule has 1 atom stereocenters. The van der Waals surface area contributed by atoms with Gasteiger partial charge in [0, 0.05) is 38.7 Å². The monoisotopic (exact) mass is 430 g/mol. The van der Waals surface area contributed by atoms with Crippen LogP contribution in [0.25, 0.3) is 0 Å². The summed E-state index contributed by atoms with van der Waals surface area (Å²) in [7, 11) is 1.73. The molecule has 0 bridgehead atoms. The van der Waals surface area contributed by atoms with Crippen LogP contribution in [0, 0.1) is 6.92 Å². The van der Waals surface area contributed by atoms with Gasteiger partial charge in [-0.1, -0.05) is 35.5 Å². The summed E-state index contributed by atoms with van der Waals surface area (Å²) in [5.74, 6) is 2.82. The molecular weight excluding hydrogens is 404 g/mol. The minimum atomic E-state index is 0. The molecule has 8 heteroatoms. The molecule has 4 rings (SSSR count). The Hall–Kier alpha value is -2.61. The van der Waals surface area contributed by atoms with Crippen molar-refractivity contribution in [3.8, 4) is 11.5 Å². The zero-order chi connectivity index (χ0) is 20.1. The van der Waals surface area contributed by atoms with Crippen molar-refractivity contribution in [3.05, 3.63) is 71.4 Å². The first-order valence-electron chi connectivity index (χ1n) is 9.81. The Labute approximate surface area is 182 Å². The molecule has 0 amide bonds. The van der Waals surface area contributed by atoms with Crippen molar-refractivity contribution < 1.29 is 14.0 Å². The van der Waals surface area contributed by atoms with Crippen molar-refractivity contribution in [2.75, 3.05) is 26.7 Å². The Morgan fingerprint density at radius 2 is 1.97 bits per heavy atom. The summed E-state index contributed by atoms with van der Waals surface area (Å²) < 4.78 is 16.3. The van der Waals surface area contributed by atoms with Crippen LogP contribution < -0.4 is 14.8 Å². The number of benzene rings is 2. The van der Waals surface area contributed by atoms with Gasteiger partial charge in [0.25, 0.3) is 0 Å². The molecule has 1 aromatic heterocycles. The summed E-state index contributed by atoms with van der Waals surface area (Å²) in [5.41, 5.74) is 2.46. The minimum Gasteiger partial charge on any atom is -0.496 e. The largest absolute Gasteiger partial charge is 0.496 e. The van der Waals surface area contributed by atoms with Crippen LogP contribution in [-0.4, -0.2) is 41.8 Å². The van der Waals surface area contributed by atoms with Crippen molar-refractivity contribution in [3.63, 3.8) is 0 Å². The normalized spacial score (nSPS) is 16.7. The van der Waals surface area contributed by atoms with E-state index in [4.69, 9.17) is 14.0 Å². The van der Waals surface area contributed by atoms with Gasteiger partial charge in [0.2, 0.25) is 11.7 Å². The SMILES string of the molecule is COc1ccccc1C1CNCCN1Cc1ccc(OCc2noc(C)n2)cc1.Cl. The Bertz CT molecular complexity index is 932. The predicted molar refractivity (Wildman–Crippen MR) is 116 cm³/mol. The van der Waals surface area contributed by atoms with Crippen LogP contribution in [-0.2, 0) is 13.2 Å². The van der Waals surface area contributed by atoms with E-state index in [2.05, 4.69) is 44.6 Å². The fourth-order valence-electron chi connectivity index (χ4n) is 3.66. The van der Waals surface area contributed by atoms with Gasteiger partial charge in [0.1, 0.15) is 11.5 Å². The third kappa shape index (κ3) is 5.30. The number of hydrogen-bond donors (Lipinski definition) is 1. The standard InChI is InChI=1S/C22H26N4O3.ClH/c1-16-24-22(25-29-16)15-28-18-9-7-17(8-10-18)14-26-12-11-23-13-20(26)19-5-3-4-6-21(19)27-2;/h3-10,20,23H,11-15H2,1-2H3;1H. The number of rotatable bonds is 7. The molecule has 1 unspecified atom stereocenters. The van der Waals surface area contributed by atoms with Gasteiger partial charge in [-0.05, 0) is 23.8 Å². The van der Waals surface area contributed by atoms with Crippen LogP contribution in [0.1, 0.15) is 28.9 Å². The van der Waals surface area contributed by atoms with Gasteiger partial charge in [-0.2, -0.15) is 4.98 Å². The number of methoxy groups -OCH3 is 1. The van der Waals surface area contributed by atoms with Crippen molar-refractivity contribution >= 4 is 12.4 Å². The average Bonchev–Trinajstić information content (AvgIpc) is 3.19. The zero-order valence-corrected chi connectivity index (χ0v) is 18.0. The van der Waals surface area contributed by atoms with E-state index in [0.29, 0.717) is 18.3 Å². The van der Waals surface area contributed by atoms with Crippen LogP contribution in [0.4, 0.5) is 0 Å². The number of para-hydroxylation sites is 1. The molecule has 0 aliphatic carbocycles. The summed E-state index contributed by atoms with van der Waals surface area (Å²) >= 11 is 0. The number of piperazine rings is 1. The van der Waals surface area contributed by atoms with Gasteiger partial charge in [0.15, 0.2) is 6.61 Å². The molecule has 0 radical (unpaired) electrons. The third-order valence-corrected chi connectivity index (χ3v) is 5.10. The quantitative estimate of drug-likeness (QED) is 0.614. The van der Waals surface area contributed by atoms with Crippen molar-refractivity contribution in [2.45, 2.75) is 26.1 Å². The number of nitrogens with zero attached hydrogens (tertiary/aromatic N) is 3. The highest BCUT2D eigenvalue weighted by Gasteiger charge is 2.26. The second-order valence-electron chi connectivity index (χ2n) is 7.09. The van der Waals surface area contributed by atoms with Gasteiger partial charge in [-0.3, -0.25) is 4.90 Å². The smallest absolute Gasteiger partial charge is 0.223 e. The minimum absolute atomic E-state index is 0. The fraction of sp³-hybridized carbons (Fsp3) is 0.364. The van der Waals surface area contributed by atoms with E-state index >= 15 is 0 Å². The summed E-state index contributed by atoms with van der Waals surface area (Å²) in [4.78, 5) is 6.64. The molecule has 2 heterocycles. The van der Waals surface area contributed by atoms with E-state index in [1.807, 2.05) is 24.3 Å². The molecule has 1 N–H and O–H groups in total. The predicted octanol–water partition coefficient (Wildman–Crippen LogP) is 3.53. The molecule has 1 aliphatic rings. The molecule has 1 saturated heterocycles. The topological polar surface area (TPSA) is 72.7 Å². The molecule has 1 fully saturated rings. The molecule has 1 aliphatic heterocycles. The molecule has 160 valence electrons. The second-order valence-corrected chi connectivity index (χ2v) is 7.09. The molecule has 3 aromatic rings. The number of halogens is 1. The first kappa shape index (κ1) is 22.1. The molecule has 2 aromatic carbocycles. The van der Waals surface area contributed by atoms with Gasteiger partial charge < -0.3 is 19.3 Å². The highest BCUT2D eigenvalue weighted by molar-refractivity contribution is 5.85. The van der Waals surface area contributed by atoms with Crippen molar-refractivity contribution in [1.82, 2.24) is 20.4 Å². The van der Waals surface area contributed by atoms with Crippen molar-refractivity contribution in [1.29, 1.82) is 0 Å². The average molecular weight is 431 g/mol. The van der Waals surface area contributed by atoms with Crippen LogP contribution in [0.2, 0.25) is 0 Å². The van der Waals surface area contributed by atoms with Gasteiger partial charge in [0.05, 0.1) is 13.2 Å². The summed E-state index contributed by atoms with van der Waals surface area (Å²) in [6.45, 7) is 5.81. The Kier molecular flexibility index (Phi) is 7.68. The van der Waals surface area contributed by atoms with Gasteiger partial charge in [-0.25, -0.2) is 0 Å². The highest BCUT2D eigenvalue weighted by atomic mass is 35.5. The zero-order valence-electron chi connectivity index (χ0n) is 17.2. The number of ether oxygens (including phenoxy) is 2. The number of hydrogen-bond acceptors (Lipinski definition) is 7. The van der Waals surface area contributed by atoms with Crippen LogP contribution in [0.5, 0.6) is 11.5 Å². The molecule has 0 saturated carbocycles. The summed E-state index contributed by atoms with van der Waals surface area (Å²) in [5, 5.41) is 7.35. The number of aryl methyl sites for hydroxylation is 1. The molecule has 30 heavy (non-hydrogen) atoms. The maximum Gasteiger partial charge on any atom is 0.223 e. The molecule has 7 nitrogen and oxygen atoms in total. The Balaban J connectivity index is 0.00000256. The van der Waals surface area contributed by atoms with Crippen LogP contribution in [0.15, 0.2) is 53.1 Å². The van der Waals surface area contributed by atoms with E-state index in [9.17, 15) is 0 Å². The number of aromatic nitrogens is 2. The molecular formula is C22H27ClN4O3. The Morgan fingerprint density at radius 1 is 1.17 bits per heavy atom. The van der Waals surface area contributed by atoms with E-state index in [-0.39, 0.29) is 18.4 Å². The second kappa shape index (κ2) is 10.4. The van der Waals surface area contributed by atoms with Crippen molar-refractivity contribution in [2.24, 2.45) is 0 Å². The van der Waals surface area contributed by atoms with E-state index in [1.165, 1.54) is 11.1 Å². The summed E-state index contributed by atoms with van der Waals surface area (Å²) in [6, 6.07) is 16.7. The highest BCUT2D eigenvalue weighted by Crippen LogP contribution is 2.31.